The Balaban J connectivity index is 1.48. The van der Waals surface area contributed by atoms with Crippen molar-refractivity contribution in [3.63, 3.8) is 0 Å². The normalized spacial score (nSPS) is 14.5. The van der Waals surface area contributed by atoms with E-state index < -0.39 is 11.7 Å². The van der Waals surface area contributed by atoms with Crippen molar-refractivity contribution >= 4 is 0 Å². The van der Waals surface area contributed by atoms with Crippen LogP contribution in [0.2, 0.25) is 0 Å². The highest BCUT2D eigenvalue weighted by molar-refractivity contribution is 5.56. The van der Waals surface area contributed by atoms with Gasteiger partial charge in [0.15, 0.2) is 5.82 Å². The van der Waals surface area contributed by atoms with Crippen LogP contribution >= 0.6 is 0 Å². The number of benzene rings is 1. The third kappa shape index (κ3) is 5.02. The maximum Gasteiger partial charge on any atom is 0.416 e. The first kappa shape index (κ1) is 21.2. The molecule has 0 radical (unpaired) electrons. The lowest BCUT2D eigenvalue weighted by molar-refractivity contribution is -0.137. The molecule has 8 heteroatoms. The van der Waals surface area contributed by atoms with E-state index in [9.17, 15) is 13.2 Å². The average Bonchev–Trinajstić information content (AvgIpc) is 2.74. The molecule has 1 aliphatic rings. The van der Waals surface area contributed by atoms with Gasteiger partial charge in [-0.2, -0.15) is 13.2 Å². The summed E-state index contributed by atoms with van der Waals surface area (Å²) in [7, 11) is 0. The van der Waals surface area contributed by atoms with E-state index in [1.807, 2.05) is 26.0 Å². The van der Waals surface area contributed by atoms with Crippen molar-refractivity contribution in [2.75, 3.05) is 6.54 Å². The number of pyridine rings is 1. The molecule has 0 spiro atoms. The number of halogens is 3. The zero-order valence-corrected chi connectivity index (χ0v) is 17.4. The molecule has 3 heterocycles. The molecule has 0 unspecified atom stereocenters. The van der Waals surface area contributed by atoms with Gasteiger partial charge in [0.1, 0.15) is 0 Å². The summed E-state index contributed by atoms with van der Waals surface area (Å²) in [4.78, 5) is 15.7. The van der Waals surface area contributed by atoms with E-state index in [1.54, 1.807) is 12.4 Å². The number of aromatic nitrogens is 3. The van der Waals surface area contributed by atoms with Crippen LogP contribution in [0, 0.1) is 0 Å². The fourth-order valence-electron chi connectivity index (χ4n) is 3.57. The zero-order valence-electron chi connectivity index (χ0n) is 17.4. The number of hydrogen-bond acceptors (Lipinski definition) is 5. The lowest BCUT2D eigenvalue weighted by Gasteiger charge is -2.28. The van der Waals surface area contributed by atoms with Gasteiger partial charge in [0.05, 0.1) is 17.4 Å². The Bertz CT molecular complexity index is 1050. The predicted molar refractivity (Wildman–Crippen MR) is 110 cm³/mol. The Kier molecular flexibility index (Phi) is 5.91. The summed E-state index contributed by atoms with van der Waals surface area (Å²) in [6.45, 7) is 6.16. The maximum atomic E-state index is 12.8. The highest BCUT2D eigenvalue weighted by atomic mass is 19.4. The largest absolute Gasteiger partial charge is 0.475 e. The van der Waals surface area contributed by atoms with Gasteiger partial charge in [-0.15, -0.1) is 0 Å². The summed E-state index contributed by atoms with van der Waals surface area (Å²) in [6, 6.07) is 8.87. The predicted octanol–water partition coefficient (Wildman–Crippen LogP) is 4.90. The third-order valence-electron chi connectivity index (χ3n) is 5.07. The molecular weight excluding hydrogens is 405 g/mol. The van der Waals surface area contributed by atoms with Gasteiger partial charge < -0.3 is 4.74 Å². The molecule has 0 N–H and O–H groups in total. The molecule has 0 bridgehead atoms. The minimum absolute atomic E-state index is 0.0488. The molecular formula is C23H23F3N4O. The maximum absolute atomic E-state index is 12.8. The standard InChI is InChI=1S/C23H23F3N4O/c1-15(2)31-22-17(4-3-10-27-22)13-30-11-9-20-18(14-30)12-28-21(29-20)16-5-7-19(8-6-16)23(24,25)26/h3-8,10,12,15H,9,11,13-14H2,1-2H3. The number of nitrogens with zero attached hydrogens (tertiary/aromatic N) is 4. The smallest absolute Gasteiger partial charge is 0.416 e. The first-order chi connectivity index (χ1) is 14.8. The summed E-state index contributed by atoms with van der Waals surface area (Å²) < 4.78 is 44.2. The molecule has 1 aromatic carbocycles. The van der Waals surface area contributed by atoms with E-state index in [-0.39, 0.29) is 6.10 Å². The second-order valence-electron chi connectivity index (χ2n) is 7.84. The zero-order chi connectivity index (χ0) is 22.0. The molecule has 1 aliphatic heterocycles. The number of hydrogen-bond donors (Lipinski definition) is 0. The quantitative estimate of drug-likeness (QED) is 0.578. The van der Waals surface area contributed by atoms with Gasteiger partial charge in [-0.1, -0.05) is 18.2 Å². The lowest BCUT2D eigenvalue weighted by atomic mass is 10.1. The summed E-state index contributed by atoms with van der Waals surface area (Å²) in [5.74, 6) is 1.10. The van der Waals surface area contributed by atoms with E-state index in [0.717, 1.165) is 41.9 Å². The monoisotopic (exact) mass is 428 g/mol. The highest BCUT2D eigenvalue weighted by Gasteiger charge is 2.30. The fourth-order valence-corrected chi connectivity index (χ4v) is 3.57. The molecule has 4 rings (SSSR count). The van der Waals surface area contributed by atoms with Gasteiger partial charge in [-0.25, -0.2) is 15.0 Å². The van der Waals surface area contributed by atoms with Crippen LogP contribution in [0.1, 0.15) is 36.2 Å². The molecule has 0 fully saturated rings. The molecule has 0 saturated heterocycles. The minimum Gasteiger partial charge on any atom is -0.475 e. The van der Waals surface area contributed by atoms with Gasteiger partial charge in [-0.3, -0.25) is 4.90 Å². The Hall–Kier alpha value is -3.00. The van der Waals surface area contributed by atoms with Crippen LogP contribution in [0.5, 0.6) is 5.88 Å². The molecule has 3 aromatic rings. The van der Waals surface area contributed by atoms with E-state index in [2.05, 4.69) is 19.9 Å². The molecule has 0 saturated carbocycles. The van der Waals surface area contributed by atoms with Crippen LogP contribution < -0.4 is 4.74 Å². The second-order valence-corrected chi connectivity index (χ2v) is 7.84. The Morgan fingerprint density at radius 2 is 1.87 bits per heavy atom. The molecule has 31 heavy (non-hydrogen) atoms. The lowest BCUT2D eigenvalue weighted by Crippen LogP contribution is -2.31. The van der Waals surface area contributed by atoms with Gasteiger partial charge >= 0.3 is 6.18 Å². The van der Waals surface area contributed by atoms with E-state index in [0.29, 0.717) is 30.4 Å². The minimum atomic E-state index is -4.35. The van der Waals surface area contributed by atoms with Gasteiger partial charge in [0.2, 0.25) is 5.88 Å². The van der Waals surface area contributed by atoms with Gasteiger partial charge in [0.25, 0.3) is 0 Å². The Morgan fingerprint density at radius 3 is 2.58 bits per heavy atom. The van der Waals surface area contributed by atoms with Crippen molar-refractivity contribution in [3.8, 4) is 17.3 Å². The van der Waals surface area contributed by atoms with Crippen molar-refractivity contribution in [3.05, 3.63) is 71.2 Å². The Labute approximate surface area is 178 Å². The van der Waals surface area contributed by atoms with Crippen molar-refractivity contribution in [2.24, 2.45) is 0 Å². The third-order valence-corrected chi connectivity index (χ3v) is 5.07. The molecule has 0 atom stereocenters. The average molecular weight is 428 g/mol. The van der Waals surface area contributed by atoms with Crippen molar-refractivity contribution < 1.29 is 17.9 Å². The van der Waals surface area contributed by atoms with E-state index in [4.69, 9.17) is 4.74 Å². The van der Waals surface area contributed by atoms with Crippen LogP contribution in [-0.4, -0.2) is 32.5 Å². The number of rotatable bonds is 5. The van der Waals surface area contributed by atoms with Crippen LogP contribution in [0.25, 0.3) is 11.4 Å². The Morgan fingerprint density at radius 1 is 1.10 bits per heavy atom. The fraction of sp³-hybridized carbons (Fsp3) is 0.348. The molecule has 5 nitrogen and oxygen atoms in total. The number of alkyl halides is 3. The highest BCUT2D eigenvalue weighted by Crippen LogP contribution is 2.31. The number of fused-ring (bicyclic) bond motifs is 1. The number of ether oxygens (including phenoxy) is 1. The second kappa shape index (κ2) is 8.63. The van der Waals surface area contributed by atoms with Gasteiger partial charge in [-0.05, 0) is 32.0 Å². The van der Waals surface area contributed by atoms with Crippen LogP contribution in [0.4, 0.5) is 13.2 Å². The first-order valence-electron chi connectivity index (χ1n) is 10.1. The van der Waals surface area contributed by atoms with Crippen molar-refractivity contribution in [1.29, 1.82) is 0 Å². The summed E-state index contributed by atoms with van der Waals surface area (Å²) >= 11 is 0. The molecule has 0 aliphatic carbocycles. The summed E-state index contributed by atoms with van der Waals surface area (Å²) in [6.07, 6.45) is -0.0635. The van der Waals surface area contributed by atoms with Crippen LogP contribution in [0.15, 0.2) is 48.8 Å². The van der Waals surface area contributed by atoms with Crippen LogP contribution in [-0.2, 0) is 25.7 Å². The molecule has 0 amide bonds. The van der Waals surface area contributed by atoms with Crippen molar-refractivity contribution in [2.45, 2.75) is 45.6 Å². The van der Waals surface area contributed by atoms with E-state index in [1.165, 1.54) is 12.1 Å². The molecule has 2 aromatic heterocycles. The summed E-state index contributed by atoms with van der Waals surface area (Å²) in [5.41, 5.74) is 2.88. The first-order valence-corrected chi connectivity index (χ1v) is 10.1. The van der Waals surface area contributed by atoms with Gasteiger partial charge in [0, 0.05) is 55.1 Å². The summed E-state index contributed by atoms with van der Waals surface area (Å²) in [5, 5.41) is 0. The SMILES string of the molecule is CC(C)Oc1ncccc1CN1CCc2nc(-c3ccc(C(F)(F)F)cc3)ncc2C1. The van der Waals surface area contributed by atoms with Crippen molar-refractivity contribution in [1.82, 2.24) is 19.9 Å². The topological polar surface area (TPSA) is 51.1 Å². The van der Waals surface area contributed by atoms with Crippen LogP contribution in [0.3, 0.4) is 0 Å². The molecule has 162 valence electrons. The van der Waals surface area contributed by atoms with E-state index >= 15 is 0 Å².